The van der Waals surface area contributed by atoms with Crippen molar-refractivity contribution in [1.82, 2.24) is 10.2 Å². The van der Waals surface area contributed by atoms with Crippen molar-refractivity contribution in [1.29, 1.82) is 0 Å². The molecular formula is C24H23N3O4. The molecule has 1 aliphatic rings. The maximum absolute atomic E-state index is 12.8. The summed E-state index contributed by atoms with van der Waals surface area (Å²) in [5.41, 5.74) is 1.79. The van der Waals surface area contributed by atoms with E-state index in [1.165, 1.54) is 0 Å². The Labute approximate surface area is 180 Å². The first-order valence-electron chi connectivity index (χ1n) is 10.1. The van der Waals surface area contributed by atoms with Crippen LogP contribution in [0.15, 0.2) is 77.4 Å². The van der Waals surface area contributed by atoms with Crippen LogP contribution in [0.1, 0.15) is 28.1 Å². The van der Waals surface area contributed by atoms with E-state index in [1.807, 2.05) is 30.3 Å². The normalized spacial score (nSPS) is 15.7. The molecule has 4 rings (SSSR count). The van der Waals surface area contributed by atoms with Gasteiger partial charge in [0.2, 0.25) is 11.8 Å². The van der Waals surface area contributed by atoms with Gasteiger partial charge < -0.3 is 20.0 Å². The quantitative estimate of drug-likeness (QED) is 0.618. The van der Waals surface area contributed by atoms with Gasteiger partial charge in [0, 0.05) is 19.5 Å². The molecule has 1 atom stereocenters. The number of hydrogen-bond donors (Lipinski definition) is 2. The molecule has 0 bridgehead atoms. The number of amides is 3. The molecule has 0 aliphatic carbocycles. The number of para-hydroxylation sites is 1. The fraction of sp³-hybridized carbons (Fsp3) is 0.208. The van der Waals surface area contributed by atoms with Gasteiger partial charge in [0.1, 0.15) is 5.76 Å². The van der Waals surface area contributed by atoms with Gasteiger partial charge in [-0.05, 0) is 29.8 Å². The summed E-state index contributed by atoms with van der Waals surface area (Å²) in [5, 5.41) is 5.61. The van der Waals surface area contributed by atoms with Crippen molar-refractivity contribution in [3.05, 3.63) is 89.9 Å². The minimum atomic E-state index is -0.463. The predicted octanol–water partition coefficient (Wildman–Crippen LogP) is 3.20. The average molecular weight is 417 g/mol. The molecule has 1 saturated heterocycles. The number of nitrogens with one attached hydrogen (secondary N) is 2. The number of carbonyl (C=O) groups excluding carboxylic acids is 3. The van der Waals surface area contributed by atoms with Crippen molar-refractivity contribution in [2.45, 2.75) is 19.5 Å². The first-order valence-corrected chi connectivity index (χ1v) is 10.1. The number of rotatable bonds is 7. The van der Waals surface area contributed by atoms with E-state index >= 15 is 0 Å². The molecule has 2 heterocycles. The Bertz CT molecular complexity index is 1060. The van der Waals surface area contributed by atoms with E-state index in [0.29, 0.717) is 30.1 Å². The molecule has 2 N–H and O–H groups in total. The highest BCUT2D eigenvalue weighted by Gasteiger charge is 2.34. The van der Waals surface area contributed by atoms with Gasteiger partial charge in [-0.2, -0.15) is 0 Å². The summed E-state index contributed by atoms with van der Waals surface area (Å²) in [4.78, 5) is 39.5. The number of furan rings is 1. The molecule has 3 amide bonds. The Morgan fingerprint density at radius 1 is 1.00 bits per heavy atom. The smallest absolute Gasteiger partial charge is 0.253 e. The van der Waals surface area contributed by atoms with Gasteiger partial charge in [0.25, 0.3) is 5.91 Å². The van der Waals surface area contributed by atoms with Crippen LogP contribution in [0.2, 0.25) is 0 Å². The highest BCUT2D eigenvalue weighted by molar-refractivity contribution is 6.05. The molecule has 158 valence electrons. The van der Waals surface area contributed by atoms with E-state index in [2.05, 4.69) is 10.6 Å². The van der Waals surface area contributed by atoms with E-state index in [0.717, 1.165) is 5.56 Å². The lowest BCUT2D eigenvalue weighted by molar-refractivity contribution is -0.128. The highest BCUT2D eigenvalue weighted by Crippen LogP contribution is 2.23. The fourth-order valence-corrected chi connectivity index (χ4v) is 3.61. The zero-order valence-electron chi connectivity index (χ0n) is 16.9. The Morgan fingerprint density at radius 3 is 2.55 bits per heavy atom. The van der Waals surface area contributed by atoms with E-state index in [9.17, 15) is 14.4 Å². The molecule has 3 aromatic rings. The number of likely N-dealkylation sites (tertiary alicyclic amines) is 1. The number of anilines is 1. The van der Waals surface area contributed by atoms with Gasteiger partial charge >= 0.3 is 0 Å². The number of nitrogens with zero attached hydrogens (tertiary/aromatic N) is 1. The maximum Gasteiger partial charge on any atom is 0.253 e. The van der Waals surface area contributed by atoms with Gasteiger partial charge in [-0.3, -0.25) is 14.4 Å². The lowest BCUT2D eigenvalue weighted by Crippen LogP contribution is -2.29. The van der Waals surface area contributed by atoms with Crippen molar-refractivity contribution in [3.8, 4) is 0 Å². The van der Waals surface area contributed by atoms with Crippen molar-refractivity contribution >= 4 is 23.4 Å². The minimum Gasteiger partial charge on any atom is -0.467 e. The first kappa shape index (κ1) is 20.4. The van der Waals surface area contributed by atoms with E-state index in [-0.39, 0.29) is 30.7 Å². The molecule has 1 aromatic heterocycles. The largest absolute Gasteiger partial charge is 0.467 e. The Balaban J connectivity index is 1.38. The molecule has 0 radical (unpaired) electrons. The second-order valence-corrected chi connectivity index (χ2v) is 7.46. The third-order valence-corrected chi connectivity index (χ3v) is 5.23. The summed E-state index contributed by atoms with van der Waals surface area (Å²) in [6.07, 6.45) is 1.70. The van der Waals surface area contributed by atoms with Gasteiger partial charge in [-0.15, -0.1) is 0 Å². The van der Waals surface area contributed by atoms with Crippen LogP contribution in [0.25, 0.3) is 0 Å². The SMILES string of the molecule is O=C(NCc1ccco1)c1ccccc1NC(=O)[C@H]1CC(=O)N(Cc2ccccc2)C1. The van der Waals surface area contributed by atoms with E-state index in [1.54, 1.807) is 47.6 Å². The lowest BCUT2D eigenvalue weighted by Gasteiger charge is -2.17. The van der Waals surface area contributed by atoms with Crippen molar-refractivity contribution in [3.63, 3.8) is 0 Å². The van der Waals surface area contributed by atoms with Gasteiger partial charge in [0.05, 0.1) is 30.0 Å². The highest BCUT2D eigenvalue weighted by atomic mass is 16.3. The topological polar surface area (TPSA) is 91.6 Å². The summed E-state index contributed by atoms with van der Waals surface area (Å²) < 4.78 is 5.22. The number of hydrogen-bond acceptors (Lipinski definition) is 4. The van der Waals surface area contributed by atoms with Crippen molar-refractivity contribution in [2.24, 2.45) is 5.92 Å². The molecule has 0 saturated carbocycles. The van der Waals surface area contributed by atoms with Crippen LogP contribution in [-0.4, -0.2) is 29.2 Å². The van der Waals surface area contributed by atoms with Crippen LogP contribution >= 0.6 is 0 Å². The van der Waals surface area contributed by atoms with Crippen molar-refractivity contribution < 1.29 is 18.8 Å². The van der Waals surface area contributed by atoms with Gasteiger partial charge in [-0.1, -0.05) is 42.5 Å². The summed E-state index contributed by atoms with van der Waals surface area (Å²) in [6, 6.07) is 20.0. The number of benzene rings is 2. The molecule has 1 fully saturated rings. The molecule has 31 heavy (non-hydrogen) atoms. The third-order valence-electron chi connectivity index (χ3n) is 5.23. The Morgan fingerprint density at radius 2 is 1.77 bits per heavy atom. The zero-order valence-corrected chi connectivity index (χ0v) is 16.9. The molecule has 1 aliphatic heterocycles. The van der Waals surface area contributed by atoms with Crippen LogP contribution in [-0.2, 0) is 22.7 Å². The standard InChI is InChI=1S/C24H23N3O4/c28-22-13-18(16-27(22)15-17-7-2-1-3-8-17)23(29)26-21-11-5-4-10-20(21)24(30)25-14-19-9-6-12-31-19/h1-12,18H,13-16H2,(H,25,30)(H,26,29)/t18-/m0/s1. The van der Waals surface area contributed by atoms with Gasteiger partial charge in [-0.25, -0.2) is 0 Å². The van der Waals surface area contributed by atoms with Crippen LogP contribution in [0.5, 0.6) is 0 Å². The minimum absolute atomic E-state index is 0.0477. The molecule has 0 unspecified atom stereocenters. The fourth-order valence-electron chi connectivity index (χ4n) is 3.61. The van der Waals surface area contributed by atoms with E-state index < -0.39 is 5.92 Å². The number of carbonyl (C=O) groups is 3. The molecular weight excluding hydrogens is 394 g/mol. The second kappa shape index (κ2) is 9.30. The zero-order chi connectivity index (χ0) is 21.6. The second-order valence-electron chi connectivity index (χ2n) is 7.46. The summed E-state index contributed by atoms with van der Waals surface area (Å²) in [7, 11) is 0. The molecule has 7 heteroatoms. The van der Waals surface area contributed by atoms with E-state index in [4.69, 9.17) is 4.42 Å². The maximum atomic E-state index is 12.8. The van der Waals surface area contributed by atoms with Crippen molar-refractivity contribution in [2.75, 3.05) is 11.9 Å². The Kier molecular flexibility index (Phi) is 6.12. The summed E-state index contributed by atoms with van der Waals surface area (Å²) in [6.45, 7) is 1.08. The van der Waals surface area contributed by atoms with Crippen LogP contribution < -0.4 is 10.6 Å². The monoisotopic (exact) mass is 417 g/mol. The third kappa shape index (κ3) is 5.01. The molecule has 2 aromatic carbocycles. The average Bonchev–Trinajstić information content (AvgIpc) is 3.43. The molecule has 7 nitrogen and oxygen atoms in total. The van der Waals surface area contributed by atoms with Crippen LogP contribution in [0.3, 0.4) is 0 Å². The van der Waals surface area contributed by atoms with Crippen LogP contribution in [0, 0.1) is 5.92 Å². The summed E-state index contributed by atoms with van der Waals surface area (Å²) >= 11 is 0. The lowest BCUT2D eigenvalue weighted by atomic mass is 10.1. The predicted molar refractivity (Wildman–Crippen MR) is 115 cm³/mol. The van der Waals surface area contributed by atoms with Crippen LogP contribution in [0.4, 0.5) is 5.69 Å². The van der Waals surface area contributed by atoms with Gasteiger partial charge in [0.15, 0.2) is 0 Å². The summed E-state index contributed by atoms with van der Waals surface area (Å²) in [5.74, 6) is -0.461. The Hall–Kier alpha value is -3.87. The first-order chi connectivity index (χ1) is 15.1. The molecule has 0 spiro atoms.